The Morgan fingerprint density at radius 1 is 1.02 bits per heavy atom. The van der Waals surface area contributed by atoms with Gasteiger partial charge in [0.15, 0.2) is 0 Å². The maximum atomic E-state index is 13.4. The Morgan fingerprint density at radius 3 is 2.10 bits per heavy atom. The quantitative estimate of drug-likeness (QED) is 0.275. The first-order chi connectivity index (χ1) is 18.2. The summed E-state index contributed by atoms with van der Waals surface area (Å²) in [5.74, 6) is 0.540. The number of ether oxygens (including phenoxy) is 1. The van der Waals surface area contributed by atoms with Crippen LogP contribution in [-0.4, -0.2) is 45.7 Å². The summed E-state index contributed by atoms with van der Waals surface area (Å²) in [6.45, 7) is 9.19. The highest BCUT2D eigenvalue weighted by atomic mass is 32.2. The molecule has 0 aliphatic carbocycles. The van der Waals surface area contributed by atoms with Gasteiger partial charge in [-0.05, 0) is 62.1 Å². The fourth-order valence-electron chi connectivity index (χ4n) is 4.05. The number of amides is 2. The molecule has 2 aromatic rings. The molecule has 0 aromatic heterocycles. The molecule has 1 heterocycles. The minimum Gasteiger partial charge on any atom is -0.444 e. The lowest BCUT2D eigenvalue weighted by Crippen LogP contribution is -2.53. The number of alkyl halides is 6. The molecule has 0 saturated carbocycles. The minimum absolute atomic E-state index is 0.0571. The summed E-state index contributed by atoms with van der Waals surface area (Å²) in [7, 11) is 0. The fourth-order valence-corrected chi connectivity index (χ4v) is 4.96. The Hall–Kier alpha value is -2.93. The van der Waals surface area contributed by atoms with Crippen molar-refractivity contribution in [1.82, 2.24) is 4.90 Å². The Balaban J connectivity index is 1.91. The summed E-state index contributed by atoms with van der Waals surface area (Å²) in [6.07, 6.45) is -12.8. The Labute approximate surface area is 232 Å². The van der Waals surface area contributed by atoms with E-state index in [4.69, 9.17) is 4.74 Å². The van der Waals surface area contributed by atoms with E-state index in [1.165, 1.54) is 4.90 Å². The maximum Gasteiger partial charge on any atom is 0.430 e. The van der Waals surface area contributed by atoms with Crippen LogP contribution in [0.2, 0.25) is 0 Å². The number of carbonyl (C=O) groups is 2. The number of anilines is 1. The van der Waals surface area contributed by atoms with Crippen LogP contribution < -0.4 is 5.32 Å². The highest BCUT2D eigenvalue weighted by Gasteiger charge is 2.71. The number of halogens is 6. The number of thioether (sulfide) groups is 1. The van der Waals surface area contributed by atoms with Crippen molar-refractivity contribution in [1.29, 1.82) is 0 Å². The summed E-state index contributed by atoms with van der Waals surface area (Å²) < 4.78 is 84.7. The highest BCUT2D eigenvalue weighted by Crippen LogP contribution is 2.50. The number of hydrogen-bond donors (Lipinski definition) is 2. The molecular formula is C27H30F6N2O4S. The van der Waals surface area contributed by atoms with Crippen molar-refractivity contribution < 1.29 is 45.8 Å². The van der Waals surface area contributed by atoms with E-state index in [9.17, 15) is 41.0 Å². The van der Waals surface area contributed by atoms with Crippen molar-refractivity contribution in [3.63, 3.8) is 0 Å². The molecule has 6 nitrogen and oxygen atoms in total. The molecule has 0 radical (unpaired) electrons. The zero-order valence-electron chi connectivity index (χ0n) is 22.4. The molecule has 0 spiro atoms. The third-order valence-corrected chi connectivity index (χ3v) is 7.33. The molecule has 40 heavy (non-hydrogen) atoms. The molecule has 3 rings (SSSR count). The van der Waals surface area contributed by atoms with E-state index in [1.807, 2.05) is 12.1 Å². The number of aliphatic hydroxyl groups is 1. The number of benzene rings is 2. The number of carbonyl (C=O) groups excluding carboxylic acids is 2. The Bertz CT molecular complexity index is 1230. The van der Waals surface area contributed by atoms with Crippen LogP contribution in [0.1, 0.15) is 57.4 Å². The normalized spacial score (nSPS) is 16.2. The predicted octanol–water partition coefficient (Wildman–Crippen LogP) is 7.18. The molecule has 1 aliphatic rings. The standard InChI is InChI=1S/C27H30F6N2O4S/c1-15(2)14-40-19-10-11-20-16(12-19)13-35(23(37)39-24(3,4)5)21(20)22(36)34-18-8-6-17(7-9-18)25(38,26(28,29)30)27(31,32)33/h6-12,15,21,38H,13-14H2,1-5H3,(H,34,36). The van der Waals surface area contributed by atoms with Crippen molar-refractivity contribution in [2.24, 2.45) is 5.92 Å². The highest BCUT2D eigenvalue weighted by molar-refractivity contribution is 7.99. The molecule has 0 saturated heterocycles. The predicted molar refractivity (Wildman–Crippen MR) is 138 cm³/mol. The van der Waals surface area contributed by atoms with Gasteiger partial charge in [-0.15, -0.1) is 11.8 Å². The van der Waals surface area contributed by atoms with E-state index in [1.54, 1.807) is 38.6 Å². The Kier molecular flexibility index (Phi) is 8.81. The summed E-state index contributed by atoms with van der Waals surface area (Å²) in [5.41, 5.74) is -6.34. The van der Waals surface area contributed by atoms with E-state index >= 15 is 0 Å². The van der Waals surface area contributed by atoms with E-state index in [2.05, 4.69) is 19.2 Å². The second-order valence-corrected chi connectivity index (χ2v) is 11.9. The second kappa shape index (κ2) is 11.2. The number of hydrogen-bond acceptors (Lipinski definition) is 5. The average Bonchev–Trinajstić information content (AvgIpc) is 3.19. The fraction of sp³-hybridized carbons (Fsp3) is 0.481. The minimum atomic E-state index is -6.04. The largest absolute Gasteiger partial charge is 0.444 e. The summed E-state index contributed by atoms with van der Waals surface area (Å²) >= 11 is 1.62. The van der Waals surface area contributed by atoms with Gasteiger partial charge in [0, 0.05) is 21.9 Å². The van der Waals surface area contributed by atoms with Crippen LogP contribution in [-0.2, 0) is 21.7 Å². The summed E-state index contributed by atoms with van der Waals surface area (Å²) in [6, 6.07) is 6.72. The number of rotatable bonds is 6. The smallest absolute Gasteiger partial charge is 0.430 e. The summed E-state index contributed by atoms with van der Waals surface area (Å²) in [4.78, 5) is 28.6. The third kappa shape index (κ3) is 6.68. The monoisotopic (exact) mass is 592 g/mol. The second-order valence-electron chi connectivity index (χ2n) is 10.8. The first-order valence-electron chi connectivity index (χ1n) is 12.3. The molecule has 13 heteroatoms. The molecule has 2 aromatic carbocycles. The van der Waals surface area contributed by atoms with Crippen molar-refractivity contribution in [2.45, 2.75) is 75.7 Å². The van der Waals surface area contributed by atoms with Crippen LogP contribution in [0, 0.1) is 5.92 Å². The SMILES string of the molecule is CC(C)CSc1ccc2c(c1)CN(C(=O)OC(C)(C)C)C2C(=O)Nc1ccc(C(O)(C(F)(F)F)C(F)(F)F)cc1. The van der Waals surface area contributed by atoms with E-state index < -0.39 is 47.2 Å². The van der Waals surface area contributed by atoms with Crippen LogP contribution in [0.15, 0.2) is 47.4 Å². The molecule has 2 N–H and O–H groups in total. The first-order valence-corrected chi connectivity index (χ1v) is 13.3. The lowest BCUT2D eigenvalue weighted by atomic mass is 9.92. The molecule has 0 bridgehead atoms. The van der Waals surface area contributed by atoms with Crippen LogP contribution in [0.5, 0.6) is 0 Å². The van der Waals surface area contributed by atoms with Gasteiger partial charge in [-0.1, -0.05) is 32.0 Å². The molecule has 1 atom stereocenters. The van der Waals surface area contributed by atoms with Gasteiger partial charge in [-0.25, -0.2) is 4.79 Å². The van der Waals surface area contributed by atoms with E-state index in [0.29, 0.717) is 29.2 Å². The maximum absolute atomic E-state index is 13.4. The molecular weight excluding hydrogens is 562 g/mol. The van der Waals surface area contributed by atoms with Crippen LogP contribution in [0.25, 0.3) is 0 Å². The van der Waals surface area contributed by atoms with Gasteiger partial charge in [0.2, 0.25) is 0 Å². The average molecular weight is 593 g/mol. The van der Waals surface area contributed by atoms with Crippen molar-refractivity contribution in [2.75, 3.05) is 11.1 Å². The van der Waals surface area contributed by atoms with Gasteiger partial charge in [0.05, 0.1) is 6.54 Å². The van der Waals surface area contributed by atoms with Gasteiger partial charge in [-0.3, -0.25) is 9.69 Å². The van der Waals surface area contributed by atoms with Gasteiger partial charge >= 0.3 is 18.4 Å². The number of nitrogens with zero attached hydrogens (tertiary/aromatic N) is 1. The lowest BCUT2D eigenvalue weighted by molar-refractivity contribution is -0.376. The van der Waals surface area contributed by atoms with Crippen molar-refractivity contribution in [3.05, 3.63) is 59.2 Å². The lowest BCUT2D eigenvalue weighted by Gasteiger charge is -2.32. The molecule has 220 valence electrons. The van der Waals surface area contributed by atoms with Gasteiger partial charge in [0.25, 0.3) is 11.5 Å². The van der Waals surface area contributed by atoms with E-state index in [-0.39, 0.29) is 12.2 Å². The van der Waals surface area contributed by atoms with Gasteiger partial charge < -0.3 is 15.2 Å². The zero-order valence-corrected chi connectivity index (χ0v) is 23.2. The van der Waals surface area contributed by atoms with Crippen molar-refractivity contribution in [3.8, 4) is 0 Å². The number of nitrogens with one attached hydrogen (secondary N) is 1. The van der Waals surface area contributed by atoms with Gasteiger partial charge in [-0.2, -0.15) is 26.3 Å². The summed E-state index contributed by atoms with van der Waals surface area (Å²) in [5, 5.41) is 12.0. The van der Waals surface area contributed by atoms with E-state index in [0.717, 1.165) is 22.8 Å². The van der Waals surface area contributed by atoms with Crippen LogP contribution in [0.4, 0.5) is 36.8 Å². The van der Waals surface area contributed by atoms with Crippen LogP contribution >= 0.6 is 11.8 Å². The molecule has 1 unspecified atom stereocenters. The molecule has 0 fully saturated rings. The molecule has 2 amide bonds. The van der Waals surface area contributed by atoms with Crippen LogP contribution in [0.3, 0.4) is 0 Å². The number of fused-ring (bicyclic) bond motifs is 1. The van der Waals surface area contributed by atoms with Gasteiger partial charge in [0.1, 0.15) is 11.6 Å². The topological polar surface area (TPSA) is 78.9 Å². The first kappa shape index (κ1) is 31.6. The van der Waals surface area contributed by atoms with Crippen molar-refractivity contribution >= 4 is 29.4 Å². The molecule has 1 aliphatic heterocycles. The zero-order chi connectivity index (χ0) is 30.3. The third-order valence-electron chi connectivity index (χ3n) is 5.91. The Morgan fingerprint density at radius 2 is 1.60 bits per heavy atom.